The lowest BCUT2D eigenvalue weighted by Crippen LogP contribution is -2.37. The number of hydrogen-bond donors (Lipinski definition) is 0. The molecule has 0 bridgehead atoms. The van der Waals surface area contributed by atoms with Crippen LogP contribution in [0.25, 0.3) is 11.4 Å². The van der Waals surface area contributed by atoms with Crippen molar-refractivity contribution in [2.45, 2.75) is 26.4 Å². The number of thiophene rings is 1. The van der Waals surface area contributed by atoms with Crippen molar-refractivity contribution >= 4 is 17.2 Å². The van der Waals surface area contributed by atoms with E-state index in [1.165, 1.54) is 20.8 Å². The van der Waals surface area contributed by atoms with Crippen LogP contribution in [-0.2, 0) is 24.3 Å². The van der Waals surface area contributed by atoms with Crippen LogP contribution in [0, 0.1) is 6.92 Å². The summed E-state index contributed by atoms with van der Waals surface area (Å²) in [5, 5.41) is 14.5. The summed E-state index contributed by atoms with van der Waals surface area (Å²) in [6, 6.07) is 10.0. The summed E-state index contributed by atoms with van der Waals surface area (Å²) in [7, 11) is 0. The summed E-state index contributed by atoms with van der Waals surface area (Å²) in [5.74, 6) is 0.571. The van der Waals surface area contributed by atoms with Gasteiger partial charge in [0.05, 0.1) is 0 Å². The van der Waals surface area contributed by atoms with Gasteiger partial charge in [0.25, 0.3) is 0 Å². The molecule has 2 aromatic heterocycles. The summed E-state index contributed by atoms with van der Waals surface area (Å²) in [4.78, 5) is 17.1. The zero-order valence-corrected chi connectivity index (χ0v) is 14.2. The number of benzene rings is 1. The Labute approximate surface area is 143 Å². The van der Waals surface area contributed by atoms with E-state index < -0.39 is 0 Å². The van der Waals surface area contributed by atoms with E-state index in [1.54, 1.807) is 11.3 Å². The second-order valence-electron chi connectivity index (χ2n) is 5.94. The van der Waals surface area contributed by atoms with Gasteiger partial charge in [0.2, 0.25) is 11.7 Å². The number of rotatable bonds is 3. The number of carbonyl (C=O) groups is 1. The summed E-state index contributed by atoms with van der Waals surface area (Å²) >= 11 is 1.77. The van der Waals surface area contributed by atoms with E-state index in [0.29, 0.717) is 12.4 Å². The van der Waals surface area contributed by atoms with E-state index in [1.807, 2.05) is 36.1 Å². The molecular formula is C17H17N5OS. The summed E-state index contributed by atoms with van der Waals surface area (Å²) < 4.78 is 0. The maximum absolute atomic E-state index is 12.5. The lowest BCUT2D eigenvalue weighted by atomic mass is 10.1. The SMILES string of the molecule is Cc1ccc(-c2nnn(CC(=O)N3CCc4sccc4C3)n2)cc1. The Morgan fingerprint density at radius 3 is 2.92 bits per heavy atom. The second-order valence-corrected chi connectivity index (χ2v) is 6.94. The minimum absolute atomic E-state index is 0.0275. The highest BCUT2D eigenvalue weighted by Gasteiger charge is 2.22. The highest BCUT2D eigenvalue weighted by molar-refractivity contribution is 7.10. The standard InChI is InChI=1S/C17H17N5OS/c1-12-2-4-13(5-3-12)17-18-20-22(19-17)11-16(23)21-8-6-15-14(10-21)7-9-24-15/h2-5,7,9H,6,8,10-11H2,1H3. The lowest BCUT2D eigenvalue weighted by molar-refractivity contribution is -0.133. The van der Waals surface area contributed by atoms with Crippen LogP contribution < -0.4 is 0 Å². The van der Waals surface area contributed by atoms with E-state index >= 15 is 0 Å². The number of hydrogen-bond acceptors (Lipinski definition) is 5. The fourth-order valence-corrected chi connectivity index (χ4v) is 3.70. The lowest BCUT2D eigenvalue weighted by Gasteiger charge is -2.26. The van der Waals surface area contributed by atoms with Crippen LogP contribution in [0.2, 0.25) is 0 Å². The molecule has 1 aliphatic rings. The first kappa shape index (κ1) is 15.0. The zero-order chi connectivity index (χ0) is 16.5. The molecule has 3 aromatic rings. The highest BCUT2D eigenvalue weighted by Crippen LogP contribution is 2.24. The van der Waals surface area contributed by atoms with Gasteiger partial charge in [-0.15, -0.1) is 21.5 Å². The fourth-order valence-electron chi connectivity index (χ4n) is 2.81. The van der Waals surface area contributed by atoms with Crippen molar-refractivity contribution in [1.29, 1.82) is 0 Å². The first-order chi connectivity index (χ1) is 11.7. The van der Waals surface area contributed by atoms with Gasteiger partial charge >= 0.3 is 0 Å². The molecule has 0 radical (unpaired) electrons. The Balaban J connectivity index is 1.44. The third-order valence-electron chi connectivity index (χ3n) is 4.20. The molecule has 0 N–H and O–H groups in total. The molecule has 1 aromatic carbocycles. The average Bonchev–Trinajstić information content (AvgIpc) is 3.24. The summed E-state index contributed by atoms with van der Waals surface area (Å²) in [5.41, 5.74) is 3.34. The van der Waals surface area contributed by atoms with E-state index in [0.717, 1.165) is 18.5 Å². The number of tetrazole rings is 1. The van der Waals surface area contributed by atoms with Crippen LogP contribution >= 0.6 is 11.3 Å². The molecule has 0 unspecified atom stereocenters. The number of aromatic nitrogens is 4. The third-order valence-corrected chi connectivity index (χ3v) is 5.22. The minimum atomic E-state index is 0.0275. The first-order valence-corrected chi connectivity index (χ1v) is 8.75. The predicted octanol–water partition coefficient (Wildman–Crippen LogP) is 2.29. The molecule has 3 heterocycles. The molecule has 7 heteroatoms. The molecular weight excluding hydrogens is 322 g/mol. The van der Waals surface area contributed by atoms with Gasteiger partial charge in [-0.05, 0) is 35.6 Å². The minimum Gasteiger partial charge on any atom is -0.336 e. The van der Waals surface area contributed by atoms with Crippen LogP contribution in [0.3, 0.4) is 0 Å². The Morgan fingerprint density at radius 1 is 1.25 bits per heavy atom. The predicted molar refractivity (Wildman–Crippen MR) is 91.4 cm³/mol. The molecule has 1 amide bonds. The molecule has 6 nitrogen and oxygen atoms in total. The van der Waals surface area contributed by atoms with Gasteiger partial charge in [-0.1, -0.05) is 29.8 Å². The largest absolute Gasteiger partial charge is 0.336 e. The van der Waals surface area contributed by atoms with E-state index in [4.69, 9.17) is 0 Å². The zero-order valence-electron chi connectivity index (χ0n) is 13.3. The fraction of sp³-hybridized carbons (Fsp3) is 0.294. The molecule has 0 fully saturated rings. The number of nitrogens with zero attached hydrogens (tertiary/aromatic N) is 5. The van der Waals surface area contributed by atoms with Crippen molar-refractivity contribution in [2.75, 3.05) is 6.54 Å². The number of carbonyl (C=O) groups excluding carboxylic acids is 1. The topological polar surface area (TPSA) is 63.9 Å². The van der Waals surface area contributed by atoms with Gasteiger partial charge in [0.1, 0.15) is 6.54 Å². The normalized spacial score (nSPS) is 13.8. The number of aryl methyl sites for hydroxylation is 1. The summed E-state index contributed by atoms with van der Waals surface area (Å²) in [6.07, 6.45) is 0.929. The van der Waals surface area contributed by atoms with Crippen LogP contribution in [0.15, 0.2) is 35.7 Å². The Kier molecular flexibility index (Phi) is 3.86. The first-order valence-electron chi connectivity index (χ1n) is 7.87. The maximum Gasteiger partial charge on any atom is 0.246 e. The van der Waals surface area contributed by atoms with Crippen LogP contribution in [-0.4, -0.2) is 37.6 Å². The summed E-state index contributed by atoms with van der Waals surface area (Å²) in [6.45, 7) is 3.59. The molecule has 0 saturated heterocycles. The van der Waals surface area contributed by atoms with E-state index in [2.05, 4.69) is 26.9 Å². The molecule has 0 atom stereocenters. The van der Waals surface area contributed by atoms with Gasteiger partial charge in [0.15, 0.2) is 0 Å². The monoisotopic (exact) mass is 339 g/mol. The van der Waals surface area contributed by atoms with Crippen molar-refractivity contribution in [3.8, 4) is 11.4 Å². The maximum atomic E-state index is 12.5. The van der Waals surface area contributed by atoms with Crippen molar-refractivity contribution in [2.24, 2.45) is 0 Å². The van der Waals surface area contributed by atoms with Gasteiger partial charge in [-0.2, -0.15) is 4.80 Å². The van der Waals surface area contributed by atoms with Crippen LogP contribution in [0.1, 0.15) is 16.0 Å². The second kappa shape index (κ2) is 6.16. The molecule has 0 spiro atoms. The Hall–Kier alpha value is -2.54. The van der Waals surface area contributed by atoms with Gasteiger partial charge in [-0.3, -0.25) is 4.79 Å². The Morgan fingerprint density at radius 2 is 2.08 bits per heavy atom. The van der Waals surface area contributed by atoms with Crippen molar-refractivity contribution in [3.63, 3.8) is 0 Å². The third kappa shape index (κ3) is 2.94. The molecule has 0 aliphatic carbocycles. The molecule has 122 valence electrons. The van der Waals surface area contributed by atoms with Crippen molar-refractivity contribution < 1.29 is 4.79 Å². The smallest absolute Gasteiger partial charge is 0.246 e. The molecule has 4 rings (SSSR count). The van der Waals surface area contributed by atoms with Crippen molar-refractivity contribution in [3.05, 3.63) is 51.7 Å². The molecule has 24 heavy (non-hydrogen) atoms. The van der Waals surface area contributed by atoms with Gasteiger partial charge in [-0.25, -0.2) is 0 Å². The van der Waals surface area contributed by atoms with Crippen LogP contribution in [0.5, 0.6) is 0 Å². The van der Waals surface area contributed by atoms with Gasteiger partial charge < -0.3 is 4.90 Å². The average molecular weight is 339 g/mol. The van der Waals surface area contributed by atoms with E-state index in [-0.39, 0.29) is 12.5 Å². The highest BCUT2D eigenvalue weighted by atomic mass is 32.1. The molecule has 0 saturated carbocycles. The van der Waals surface area contributed by atoms with Gasteiger partial charge in [0, 0.05) is 23.5 Å². The van der Waals surface area contributed by atoms with Crippen molar-refractivity contribution in [1.82, 2.24) is 25.1 Å². The van der Waals surface area contributed by atoms with E-state index in [9.17, 15) is 4.79 Å². The van der Waals surface area contributed by atoms with Crippen LogP contribution in [0.4, 0.5) is 0 Å². The molecule has 1 aliphatic heterocycles. The number of fused-ring (bicyclic) bond motifs is 1. The quantitative estimate of drug-likeness (QED) is 0.734. The Bertz CT molecular complexity index is 867. The number of amides is 1.